The second-order valence-electron chi connectivity index (χ2n) is 4.36. The summed E-state index contributed by atoms with van der Waals surface area (Å²) in [6, 6.07) is 0.472. The van der Waals surface area contributed by atoms with Crippen molar-refractivity contribution in [3.63, 3.8) is 0 Å². The van der Waals surface area contributed by atoms with E-state index in [-0.39, 0.29) is 0 Å². The third-order valence-corrected chi connectivity index (χ3v) is 3.60. The number of nitrogen functional groups attached to an aromatic ring is 1. The fourth-order valence-corrected chi connectivity index (χ4v) is 2.79. The largest absolute Gasteiger partial charge is 0.396 e. The minimum atomic E-state index is 0.472. The van der Waals surface area contributed by atoms with Crippen LogP contribution in [0, 0.1) is 0 Å². The molecule has 16 heavy (non-hydrogen) atoms. The summed E-state index contributed by atoms with van der Waals surface area (Å²) in [7, 11) is 2.15. The average molecular weight is 285 g/mol. The van der Waals surface area contributed by atoms with E-state index in [1.807, 2.05) is 0 Å². The first-order valence-corrected chi connectivity index (χ1v) is 6.23. The highest BCUT2D eigenvalue weighted by Crippen LogP contribution is 2.33. The van der Waals surface area contributed by atoms with Crippen LogP contribution in [0.5, 0.6) is 0 Å². The van der Waals surface area contributed by atoms with Gasteiger partial charge in [-0.2, -0.15) is 0 Å². The van der Waals surface area contributed by atoms with Crippen LogP contribution in [0.2, 0.25) is 0 Å². The minimum absolute atomic E-state index is 0.472. The molecule has 1 aromatic rings. The van der Waals surface area contributed by atoms with Crippen LogP contribution in [0.25, 0.3) is 0 Å². The summed E-state index contributed by atoms with van der Waals surface area (Å²) in [6.07, 6.45) is 3.52. The molecule has 1 atom stereocenters. The summed E-state index contributed by atoms with van der Waals surface area (Å²) < 4.78 is 0.976. The Morgan fingerprint density at radius 2 is 2.19 bits per heavy atom. The number of rotatable bonds is 1. The van der Waals surface area contributed by atoms with Crippen molar-refractivity contribution >= 4 is 27.3 Å². The van der Waals surface area contributed by atoms with Gasteiger partial charge in [0.1, 0.15) is 0 Å². The molecule has 0 saturated carbocycles. The first kappa shape index (κ1) is 11.7. The Morgan fingerprint density at radius 1 is 1.44 bits per heavy atom. The van der Waals surface area contributed by atoms with Crippen LogP contribution < -0.4 is 10.6 Å². The highest BCUT2D eigenvalue weighted by molar-refractivity contribution is 9.10. The summed E-state index contributed by atoms with van der Waals surface area (Å²) >= 11 is 3.53. The normalized spacial score (nSPS) is 22.4. The molecule has 1 aliphatic rings. The third-order valence-electron chi connectivity index (χ3n) is 3.02. The number of hydrogen-bond acceptors (Lipinski definition) is 4. The number of halogens is 1. The number of nitrogens with two attached hydrogens (primary N) is 1. The van der Waals surface area contributed by atoms with Gasteiger partial charge in [-0.1, -0.05) is 0 Å². The summed E-state index contributed by atoms with van der Waals surface area (Å²) in [5, 5.41) is 0. The van der Waals surface area contributed by atoms with E-state index in [0.29, 0.717) is 6.04 Å². The lowest BCUT2D eigenvalue weighted by molar-refractivity contribution is 0.275. The molecule has 4 nitrogen and oxygen atoms in total. The molecular weight excluding hydrogens is 268 g/mol. The first-order valence-electron chi connectivity index (χ1n) is 5.43. The van der Waals surface area contributed by atoms with E-state index < -0.39 is 0 Å². The van der Waals surface area contributed by atoms with Gasteiger partial charge in [-0.15, -0.1) is 0 Å². The van der Waals surface area contributed by atoms with Crippen molar-refractivity contribution in [2.45, 2.75) is 13.0 Å². The molecule has 0 bridgehead atoms. The van der Waals surface area contributed by atoms with E-state index >= 15 is 0 Å². The van der Waals surface area contributed by atoms with Crippen molar-refractivity contribution in [1.82, 2.24) is 9.88 Å². The Balaban J connectivity index is 2.30. The molecule has 0 amide bonds. The molecular formula is C11H17BrN4. The van der Waals surface area contributed by atoms with Gasteiger partial charge in [-0.3, -0.25) is 4.98 Å². The maximum Gasteiger partial charge on any atom is 0.0779 e. The number of likely N-dealkylation sites (N-methyl/N-ethyl adjacent to an activating group) is 1. The van der Waals surface area contributed by atoms with Gasteiger partial charge in [-0.05, 0) is 29.9 Å². The summed E-state index contributed by atoms with van der Waals surface area (Å²) in [5.74, 6) is 0. The van der Waals surface area contributed by atoms with Crippen molar-refractivity contribution < 1.29 is 0 Å². The second kappa shape index (κ2) is 4.59. The van der Waals surface area contributed by atoms with Gasteiger partial charge < -0.3 is 15.5 Å². The van der Waals surface area contributed by atoms with Gasteiger partial charge in [0.2, 0.25) is 0 Å². The molecule has 0 aliphatic carbocycles. The maximum absolute atomic E-state index is 6.00. The minimum Gasteiger partial charge on any atom is -0.396 e. The van der Waals surface area contributed by atoms with E-state index in [1.165, 1.54) is 0 Å². The van der Waals surface area contributed by atoms with Gasteiger partial charge in [0.25, 0.3) is 0 Å². The van der Waals surface area contributed by atoms with Gasteiger partial charge in [0.15, 0.2) is 0 Å². The van der Waals surface area contributed by atoms with Crippen LogP contribution in [-0.2, 0) is 0 Å². The van der Waals surface area contributed by atoms with Crippen molar-refractivity contribution in [3.8, 4) is 0 Å². The summed E-state index contributed by atoms with van der Waals surface area (Å²) in [5.41, 5.74) is 7.82. The van der Waals surface area contributed by atoms with Crippen molar-refractivity contribution in [3.05, 3.63) is 16.9 Å². The molecule has 1 unspecified atom stereocenters. The quantitative estimate of drug-likeness (QED) is 0.850. The Kier molecular flexibility index (Phi) is 3.35. The molecule has 2 rings (SSSR count). The smallest absolute Gasteiger partial charge is 0.0779 e. The van der Waals surface area contributed by atoms with E-state index in [4.69, 9.17) is 5.73 Å². The van der Waals surface area contributed by atoms with Crippen molar-refractivity contribution in [1.29, 1.82) is 0 Å². The van der Waals surface area contributed by atoms with Crippen LogP contribution in [0.3, 0.4) is 0 Å². The fraction of sp³-hybridized carbons (Fsp3) is 0.545. The van der Waals surface area contributed by atoms with Gasteiger partial charge in [0, 0.05) is 31.9 Å². The molecule has 5 heteroatoms. The standard InChI is InChI=1S/C11H17BrN4/c1-8-7-15(2)3-4-16(8)11-9(12)5-14-6-10(11)13/h5-6,8H,3-4,7,13H2,1-2H3. The highest BCUT2D eigenvalue weighted by atomic mass is 79.9. The van der Waals surface area contributed by atoms with Gasteiger partial charge >= 0.3 is 0 Å². The zero-order valence-corrected chi connectivity index (χ0v) is 11.2. The zero-order valence-electron chi connectivity index (χ0n) is 9.65. The van der Waals surface area contributed by atoms with Crippen molar-refractivity contribution in [2.24, 2.45) is 0 Å². The topological polar surface area (TPSA) is 45.4 Å². The van der Waals surface area contributed by atoms with Crippen LogP contribution in [0.4, 0.5) is 11.4 Å². The molecule has 0 radical (unpaired) electrons. The van der Waals surface area contributed by atoms with E-state index in [2.05, 4.69) is 44.7 Å². The van der Waals surface area contributed by atoms with Gasteiger partial charge in [-0.25, -0.2) is 0 Å². The SMILES string of the molecule is CC1CN(C)CCN1c1c(N)cncc1Br. The van der Waals surface area contributed by atoms with Crippen LogP contribution in [0.15, 0.2) is 16.9 Å². The Morgan fingerprint density at radius 3 is 2.81 bits per heavy atom. The number of anilines is 2. The molecule has 0 spiro atoms. The number of pyridine rings is 1. The lowest BCUT2D eigenvalue weighted by atomic mass is 10.1. The lowest BCUT2D eigenvalue weighted by Gasteiger charge is -2.40. The summed E-state index contributed by atoms with van der Waals surface area (Å²) in [4.78, 5) is 8.76. The first-order chi connectivity index (χ1) is 7.59. The van der Waals surface area contributed by atoms with E-state index in [1.54, 1.807) is 12.4 Å². The number of hydrogen-bond donors (Lipinski definition) is 1. The van der Waals surface area contributed by atoms with Crippen molar-refractivity contribution in [2.75, 3.05) is 37.3 Å². The predicted molar refractivity (Wildman–Crippen MR) is 70.7 cm³/mol. The number of aromatic nitrogens is 1. The molecule has 1 aliphatic heterocycles. The third kappa shape index (κ3) is 2.15. The summed E-state index contributed by atoms with van der Waals surface area (Å²) in [6.45, 7) is 5.36. The lowest BCUT2D eigenvalue weighted by Crippen LogP contribution is -2.50. The maximum atomic E-state index is 6.00. The Labute approximate surface area is 105 Å². The number of nitrogens with zero attached hydrogens (tertiary/aromatic N) is 3. The molecule has 2 N–H and O–H groups in total. The number of piperazine rings is 1. The predicted octanol–water partition coefficient (Wildman–Crippen LogP) is 1.57. The monoisotopic (exact) mass is 284 g/mol. The molecule has 88 valence electrons. The molecule has 1 saturated heterocycles. The second-order valence-corrected chi connectivity index (χ2v) is 5.22. The van der Waals surface area contributed by atoms with E-state index in [0.717, 1.165) is 35.5 Å². The Bertz CT molecular complexity index is 362. The van der Waals surface area contributed by atoms with E-state index in [9.17, 15) is 0 Å². The Hall–Kier alpha value is -0.810. The highest BCUT2D eigenvalue weighted by Gasteiger charge is 2.24. The van der Waals surface area contributed by atoms with Crippen LogP contribution in [-0.4, -0.2) is 42.6 Å². The molecule has 0 aromatic carbocycles. The van der Waals surface area contributed by atoms with Crippen LogP contribution in [0.1, 0.15) is 6.92 Å². The molecule has 1 aromatic heterocycles. The zero-order chi connectivity index (χ0) is 11.7. The van der Waals surface area contributed by atoms with Crippen LogP contribution >= 0.6 is 15.9 Å². The fourth-order valence-electron chi connectivity index (χ4n) is 2.22. The average Bonchev–Trinajstić information content (AvgIpc) is 2.20. The molecule has 2 heterocycles. The van der Waals surface area contributed by atoms with Gasteiger partial charge in [0.05, 0.1) is 22.0 Å². The molecule has 1 fully saturated rings.